The van der Waals surface area contributed by atoms with Crippen LogP contribution in [0, 0.1) is 36.5 Å². The monoisotopic (exact) mass is 565 g/mol. The first kappa shape index (κ1) is 28.6. The van der Waals surface area contributed by atoms with Gasteiger partial charge in [0.15, 0.2) is 0 Å². The fourth-order valence-corrected chi connectivity index (χ4v) is 5.82. The van der Waals surface area contributed by atoms with Crippen molar-refractivity contribution in [3.8, 4) is 34.8 Å². The van der Waals surface area contributed by atoms with Crippen molar-refractivity contribution in [1.82, 2.24) is 4.57 Å². The molecule has 1 heterocycles. The van der Waals surface area contributed by atoms with E-state index in [1.54, 1.807) is 6.08 Å². The molecule has 0 saturated carbocycles. The lowest BCUT2D eigenvalue weighted by Crippen LogP contribution is -1.95. The maximum atomic E-state index is 3.75. The average molecular weight is 566 g/mol. The second-order valence-corrected chi connectivity index (χ2v) is 11.0. The second-order valence-electron chi connectivity index (χ2n) is 11.0. The van der Waals surface area contributed by atoms with E-state index in [-0.39, 0.29) is 0 Å². The smallest absolute Gasteiger partial charge is 0.0507 e. The lowest BCUT2D eigenvalue weighted by Gasteiger charge is -2.10. The van der Waals surface area contributed by atoms with Crippen molar-refractivity contribution < 1.29 is 0 Å². The third-order valence-electron chi connectivity index (χ3n) is 8.03. The molecule has 0 N–H and O–H groups in total. The summed E-state index contributed by atoms with van der Waals surface area (Å²) in [6.07, 6.45) is 20.6. The van der Waals surface area contributed by atoms with Gasteiger partial charge in [0.25, 0.3) is 0 Å². The predicted octanol–water partition coefficient (Wildman–Crippen LogP) is 10.3. The molecule has 0 spiro atoms. The van der Waals surface area contributed by atoms with Gasteiger partial charge in [-0.15, -0.1) is 0 Å². The Balaban J connectivity index is 1.39. The quantitative estimate of drug-likeness (QED) is 0.143. The van der Waals surface area contributed by atoms with E-state index in [0.29, 0.717) is 5.92 Å². The first-order chi connectivity index (χ1) is 21.7. The Hall–Kier alpha value is -5.50. The topological polar surface area (TPSA) is 4.93 Å². The fourth-order valence-electron chi connectivity index (χ4n) is 5.82. The van der Waals surface area contributed by atoms with Crippen molar-refractivity contribution in [3.05, 3.63) is 168 Å². The largest absolute Gasteiger partial charge is 0.337 e. The maximum Gasteiger partial charge on any atom is 0.0507 e. The van der Waals surface area contributed by atoms with Gasteiger partial charge in [-0.2, -0.15) is 0 Å². The van der Waals surface area contributed by atoms with Gasteiger partial charge in [0.05, 0.1) is 5.52 Å². The molecule has 0 radical (unpaired) electrons. The number of aryl methyl sites for hydroxylation is 1. The zero-order chi connectivity index (χ0) is 30.1. The Kier molecular flexibility index (Phi) is 8.88. The van der Waals surface area contributed by atoms with Crippen LogP contribution in [0.15, 0.2) is 146 Å². The van der Waals surface area contributed by atoms with Crippen LogP contribution < -0.4 is 0 Å². The average Bonchev–Trinajstić information content (AvgIpc) is 3.39. The Morgan fingerprint density at radius 1 is 0.795 bits per heavy atom. The summed E-state index contributed by atoms with van der Waals surface area (Å²) in [5.74, 6) is 14.5. The summed E-state index contributed by atoms with van der Waals surface area (Å²) in [6, 6.07) is 30.0. The zero-order valence-electron chi connectivity index (χ0n) is 25.1. The molecule has 1 aromatic heterocycles. The van der Waals surface area contributed by atoms with Gasteiger partial charge in [-0.1, -0.05) is 133 Å². The minimum absolute atomic E-state index is 0.485. The summed E-state index contributed by atoms with van der Waals surface area (Å²) in [6.45, 7) is 6.68. The Morgan fingerprint density at radius 2 is 1.66 bits per heavy atom. The molecule has 0 aliphatic heterocycles. The molecule has 212 valence electrons. The number of nitrogens with zero attached hydrogens (tertiary/aromatic N) is 1. The van der Waals surface area contributed by atoms with Crippen LogP contribution in [0.3, 0.4) is 0 Å². The third kappa shape index (κ3) is 6.29. The summed E-state index contributed by atoms with van der Waals surface area (Å²) in [5, 5.41) is 2.41. The molecule has 1 heteroatoms. The van der Waals surface area contributed by atoms with Gasteiger partial charge in [-0.3, -0.25) is 0 Å². The number of benzene rings is 4. The molecular weight excluding hydrogens is 530 g/mol. The molecule has 1 unspecified atom stereocenters. The molecular formula is C43H35N. The number of hydrogen-bond acceptors (Lipinski definition) is 0. The molecule has 0 saturated heterocycles. The zero-order valence-corrected chi connectivity index (χ0v) is 25.1. The standard InChI is InChI=1S/C43H35N/c1-3-4-5-6-14-31-44-41-25-13-12-24-39(41)43-37(22-16-26-42(43)44)30-28-35-27-29-36(21-15-20-34-18-8-7-9-19-34)40(32-35)38-23-11-10-17-33(38)2/h3-14,16-18,22-27,29,32,34H,1,19-20,31H2,2H3/b5-4-,14-6-. The van der Waals surface area contributed by atoms with Crippen LogP contribution in [0.2, 0.25) is 0 Å². The van der Waals surface area contributed by atoms with Crippen molar-refractivity contribution in [2.24, 2.45) is 5.92 Å². The third-order valence-corrected chi connectivity index (χ3v) is 8.03. The number of allylic oxidation sites excluding steroid dienone is 9. The Morgan fingerprint density at radius 3 is 2.52 bits per heavy atom. The number of fused-ring (bicyclic) bond motifs is 3. The van der Waals surface area contributed by atoms with E-state index in [9.17, 15) is 0 Å². The van der Waals surface area contributed by atoms with Crippen molar-refractivity contribution in [2.75, 3.05) is 0 Å². The number of hydrogen-bond donors (Lipinski definition) is 0. The lowest BCUT2D eigenvalue weighted by atomic mass is 9.93. The summed E-state index contributed by atoms with van der Waals surface area (Å²) >= 11 is 0. The van der Waals surface area contributed by atoms with Crippen molar-refractivity contribution in [1.29, 1.82) is 0 Å². The minimum Gasteiger partial charge on any atom is -0.337 e. The van der Waals surface area contributed by atoms with Crippen molar-refractivity contribution in [3.63, 3.8) is 0 Å². The summed E-state index contributed by atoms with van der Waals surface area (Å²) in [4.78, 5) is 0. The molecule has 1 atom stereocenters. The highest BCUT2D eigenvalue weighted by molar-refractivity contribution is 6.10. The molecule has 4 aromatic carbocycles. The Labute approximate surface area is 261 Å². The van der Waals surface area contributed by atoms with Crippen LogP contribution in [-0.2, 0) is 6.54 Å². The summed E-state index contributed by atoms with van der Waals surface area (Å²) in [5.41, 5.74) is 9.00. The first-order valence-electron chi connectivity index (χ1n) is 15.2. The molecule has 6 rings (SSSR count). The van der Waals surface area contributed by atoms with Gasteiger partial charge in [-0.05, 0) is 72.4 Å². The van der Waals surface area contributed by atoms with Crippen molar-refractivity contribution in [2.45, 2.75) is 26.3 Å². The minimum atomic E-state index is 0.485. The normalized spacial score (nSPS) is 14.2. The van der Waals surface area contributed by atoms with E-state index in [4.69, 9.17) is 0 Å². The van der Waals surface area contributed by atoms with Crippen molar-refractivity contribution >= 4 is 21.8 Å². The van der Waals surface area contributed by atoms with Crippen LogP contribution in [0.1, 0.15) is 35.1 Å². The van der Waals surface area contributed by atoms with Gasteiger partial charge in [0.2, 0.25) is 0 Å². The molecule has 1 aliphatic rings. The highest BCUT2D eigenvalue weighted by Crippen LogP contribution is 2.32. The Bertz CT molecular complexity index is 2090. The van der Waals surface area contributed by atoms with Gasteiger partial charge < -0.3 is 4.57 Å². The van der Waals surface area contributed by atoms with Crippen LogP contribution in [-0.4, -0.2) is 4.57 Å². The van der Waals surface area contributed by atoms with Gasteiger partial charge in [0.1, 0.15) is 0 Å². The SMILES string of the molecule is C=C/C=C\C=C/Cn1c2ccccc2c2c(C#Cc3ccc(C#CCC4C=CC=CC4)c(-c4ccccc4C)c3)cccc21. The van der Waals surface area contributed by atoms with Crippen LogP contribution >= 0.6 is 0 Å². The van der Waals surface area contributed by atoms with Crippen LogP contribution in [0.25, 0.3) is 32.9 Å². The highest BCUT2D eigenvalue weighted by atomic mass is 15.0. The predicted molar refractivity (Wildman–Crippen MR) is 188 cm³/mol. The van der Waals surface area contributed by atoms with Gasteiger partial charge >= 0.3 is 0 Å². The molecule has 0 fully saturated rings. The lowest BCUT2D eigenvalue weighted by molar-refractivity contribution is 0.680. The summed E-state index contributed by atoms with van der Waals surface area (Å²) < 4.78 is 2.36. The number of aromatic nitrogens is 1. The molecule has 1 aliphatic carbocycles. The van der Waals surface area contributed by atoms with E-state index in [1.165, 1.54) is 32.9 Å². The fraction of sp³-hybridized carbons (Fsp3) is 0.116. The number of rotatable bonds is 6. The van der Waals surface area contributed by atoms with Gasteiger partial charge in [-0.25, -0.2) is 0 Å². The summed E-state index contributed by atoms with van der Waals surface area (Å²) in [7, 11) is 0. The molecule has 5 aromatic rings. The van der Waals surface area contributed by atoms with E-state index >= 15 is 0 Å². The molecule has 1 nitrogen and oxygen atoms in total. The second kappa shape index (κ2) is 13.6. The van der Waals surface area contributed by atoms with Crippen LogP contribution in [0.5, 0.6) is 0 Å². The number of para-hydroxylation sites is 1. The van der Waals surface area contributed by atoms with E-state index in [0.717, 1.165) is 41.6 Å². The van der Waals surface area contributed by atoms with E-state index in [1.807, 2.05) is 12.2 Å². The first-order valence-corrected chi connectivity index (χ1v) is 15.2. The molecule has 44 heavy (non-hydrogen) atoms. The molecule has 0 bridgehead atoms. The maximum absolute atomic E-state index is 3.75. The highest BCUT2D eigenvalue weighted by Gasteiger charge is 2.12. The van der Waals surface area contributed by atoms with E-state index in [2.05, 4.69) is 163 Å². The molecule has 0 amide bonds. The van der Waals surface area contributed by atoms with Crippen LogP contribution in [0.4, 0.5) is 0 Å². The van der Waals surface area contributed by atoms with Gasteiger partial charge in [0, 0.05) is 45.9 Å². The van der Waals surface area contributed by atoms with E-state index < -0.39 is 0 Å².